The zero-order valence-electron chi connectivity index (χ0n) is 36.6. The van der Waals surface area contributed by atoms with Crippen LogP contribution in [0.1, 0.15) is 0 Å². The van der Waals surface area contributed by atoms with Gasteiger partial charge in [0.25, 0.3) is 0 Å². The van der Waals surface area contributed by atoms with Gasteiger partial charge in [0, 0.05) is 50.4 Å². The lowest BCUT2D eigenvalue weighted by Gasteiger charge is -2.26. The quantitative estimate of drug-likeness (QED) is 0.152. The second-order valence-corrected chi connectivity index (χ2v) is 17.3. The van der Waals surface area contributed by atoms with Gasteiger partial charge >= 0.3 is 0 Å². The lowest BCUT2D eigenvalue weighted by atomic mass is 9.91. The molecule has 0 saturated heterocycles. The van der Waals surface area contributed by atoms with Crippen LogP contribution < -0.4 is 4.90 Å². The summed E-state index contributed by atoms with van der Waals surface area (Å²) in [6.07, 6.45) is 0. The molecule has 11 aromatic carbocycles. The molecule has 13 rings (SSSR count). The van der Waals surface area contributed by atoms with E-state index >= 15 is 0 Å². The topological polar surface area (TPSA) is 21.3 Å². The molecule has 2 aromatic heterocycles. The largest absolute Gasteiger partial charge is 0.456 e. The molecule has 0 atom stereocenters. The van der Waals surface area contributed by atoms with E-state index in [0.29, 0.717) is 0 Å². The molecule has 0 fully saturated rings. The van der Waals surface area contributed by atoms with Gasteiger partial charge in [-0.25, -0.2) is 0 Å². The summed E-state index contributed by atoms with van der Waals surface area (Å²) in [7, 11) is 0. The van der Waals surface area contributed by atoms with Crippen molar-refractivity contribution in [3.63, 3.8) is 0 Å². The van der Waals surface area contributed by atoms with Gasteiger partial charge in [-0.15, -0.1) is 0 Å². The lowest BCUT2D eigenvalue weighted by Crippen LogP contribution is -2.09. The summed E-state index contributed by atoms with van der Waals surface area (Å²) in [5, 5.41) is 7.16. The third-order valence-electron chi connectivity index (χ3n) is 13.4. The number of furan rings is 1. The van der Waals surface area contributed by atoms with Crippen LogP contribution >= 0.6 is 0 Å². The van der Waals surface area contributed by atoms with Crippen LogP contribution in [0.5, 0.6) is 0 Å². The molecule has 0 bridgehead atoms. The monoisotopic (exact) mass is 854 g/mol. The highest BCUT2D eigenvalue weighted by molar-refractivity contribution is 6.16. The Morgan fingerprint density at radius 3 is 1.63 bits per heavy atom. The molecule has 3 heteroatoms. The molecule has 13 aromatic rings. The van der Waals surface area contributed by atoms with Crippen molar-refractivity contribution in [2.24, 2.45) is 0 Å². The Kier molecular flexibility index (Phi) is 9.17. The minimum atomic E-state index is 0.862. The molecule has 0 amide bonds. The summed E-state index contributed by atoms with van der Waals surface area (Å²) in [4.78, 5) is 2.32. The third kappa shape index (κ3) is 6.76. The Bertz CT molecular complexity index is 3960. The van der Waals surface area contributed by atoms with Crippen LogP contribution in [-0.2, 0) is 0 Å². The second-order valence-electron chi connectivity index (χ2n) is 17.3. The number of benzene rings is 11. The van der Waals surface area contributed by atoms with E-state index in [2.05, 4.69) is 252 Å². The molecule has 0 N–H and O–H groups in total. The number of anilines is 3. The molecule has 0 aliphatic rings. The van der Waals surface area contributed by atoms with Gasteiger partial charge < -0.3 is 13.9 Å². The first kappa shape index (κ1) is 38.5. The maximum atomic E-state index is 6.43. The molecule has 67 heavy (non-hydrogen) atoms. The maximum absolute atomic E-state index is 6.43. The summed E-state index contributed by atoms with van der Waals surface area (Å²) in [6, 6.07) is 92.0. The van der Waals surface area contributed by atoms with Crippen molar-refractivity contribution in [1.29, 1.82) is 0 Å². The lowest BCUT2D eigenvalue weighted by molar-refractivity contribution is 0.669. The fourth-order valence-electron chi connectivity index (χ4n) is 10.1. The fourth-order valence-corrected chi connectivity index (χ4v) is 10.1. The van der Waals surface area contributed by atoms with Crippen molar-refractivity contribution in [2.75, 3.05) is 4.90 Å². The molecule has 0 saturated carbocycles. The molecular formula is C64H42N2O. The number of rotatable bonds is 8. The molecule has 0 spiro atoms. The molecule has 0 aliphatic heterocycles. The van der Waals surface area contributed by atoms with Crippen LogP contribution in [0.15, 0.2) is 259 Å². The maximum Gasteiger partial charge on any atom is 0.137 e. The van der Waals surface area contributed by atoms with Gasteiger partial charge in [-0.2, -0.15) is 0 Å². The van der Waals surface area contributed by atoms with Crippen molar-refractivity contribution in [3.05, 3.63) is 255 Å². The fraction of sp³-hybridized carbons (Fsp3) is 0. The highest BCUT2D eigenvalue weighted by atomic mass is 16.3. The van der Waals surface area contributed by atoms with Gasteiger partial charge in [-0.05, 0) is 146 Å². The molecule has 314 valence electrons. The molecular weight excluding hydrogens is 813 g/mol. The first-order valence-electron chi connectivity index (χ1n) is 22.9. The molecule has 0 aliphatic carbocycles. The molecule has 3 nitrogen and oxygen atoms in total. The highest BCUT2D eigenvalue weighted by Crippen LogP contribution is 2.43. The van der Waals surface area contributed by atoms with Crippen LogP contribution in [-0.4, -0.2) is 4.57 Å². The van der Waals surface area contributed by atoms with Crippen LogP contribution in [0.3, 0.4) is 0 Å². The summed E-state index contributed by atoms with van der Waals surface area (Å²) in [5.41, 5.74) is 17.8. The third-order valence-corrected chi connectivity index (χ3v) is 13.4. The Labute approximate surface area is 388 Å². The number of hydrogen-bond donors (Lipinski definition) is 0. The van der Waals surface area contributed by atoms with Crippen molar-refractivity contribution in [1.82, 2.24) is 4.57 Å². The Morgan fingerprint density at radius 2 is 0.851 bits per heavy atom. The standard InChI is InChI=1S/C64H42N2O/c1-3-14-43(15-4-1)45-28-32-53(33-29-45)65(55-36-37-58-57-20-10-12-25-62(57)67-63(58)42-55)54-34-30-46(31-35-54)49-39-50(48-27-26-44-16-7-8-17-47(44)38-48)41-51(40-49)56-22-13-24-61-64(56)59-21-9-11-23-60(59)66(61)52-18-5-2-6-19-52/h1-42H. The van der Waals surface area contributed by atoms with Gasteiger partial charge in [0.15, 0.2) is 0 Å². The van der Waals surface area contributed by atoms with E-state index in [9.17, 15) is 0 Å². The summed E-state index contributed by atoms with van der Waals surface area (Å²) in [5.74, 6) is 0. The zero-order valence-corrected chi connectivity index (χ0v) is 36.6. The van der Waals surface area contributed by atoms with Crippen LogP contribution in [0.4, 0.5) is 17.1 Å². The summed E-state index contributed by atoms with van der Waals surface area (Å²) in [6.45, 7) is 0. The number of nitrogens with zero attached hydrogens (tertiary/aromatic N) is 2. The van der Waals surface area contributed by atoms with Gasteiger partial charge in [0.05, 0.1) is 11.0 Å². The molecule has 2 heterocycles. The van der Waals surface area contributed by atoms with Gasteiger partial charge in [-0.3, -0.25) is 0 Å². The van der Waals surface area contributed by atoms with Crippen molar-refractivity contribution < 1.29 is 4.42 Å². The van der Waals surface area contributed by atoms with E-state index in [1.807, 2.05) is 12.1 Å². The predicted molar refractivity (Wildman–Crippen MR) is 282 cm³/mol. The SMILES string of the molecule is c1ccc(-c2ccc(N(c3ccc(-c4cc(-c5ccc6ccccc6c5)cc(-c5cccc6c5c5ccccc5n6-c5ccccc5)c4)cc3)c3ccc4c(c3)oc3ccccc34)cc2)cc1. The minimum Gasteiger partial charge on any atom is -0.456 e. The van der Waals surface area contributed by atoms with E-state index in [1.54, 1.807) is 0 Å². The van der Waals surface area contributed by atoms with E-state index in [1.165, 1.54) is 66.0 Å². The minimum absolute atomic E-state index is 0.862. The van der Waals surface area contributed by atoms with E-state index in [4.69, 9.17) is 4.42 Å². The van der Waals surface area contributed by atoms with Gasteiger partial charge in [0.2, 0.25) is 0 Å². The Hall–Kier alpha value is -8.92. The number of fused-ring (bicyclic) bond motifs is 7. The predicted octanol–water partition coefficient (Wildman–Crippen LogP) is 18.0. The van der Waals surface area contributed by atoms with Crippen molar-refractivity contribution >= 4 is 71.6 Å². The average Bonchev–Trinajstić information content (AvgIpc) is 3.95. The Morgan fingerprint density at radius 1 is 0.299 bits per heavy atom. The second kappa shape index (κ2) is 16.0. The summed E-state index contributed by atoms with van der Waals surface area (Å²) < 4.78 is 8.83. The zero-order chi connectivity index (χ0) is 44.3. The number of para-hydroxylation sites is 3. The highest BCUT2D eigenvalue weighted by Gasteiger charge is 2.19. The van der Waals surface area contributed by atoms with Crippen molar-refractivity contribution in [3.8, 4) is 50.2 Å². The van der Waals surface area contributed by atoms with Gasteiger partial charge in [0.1, 0.15) is 11.2 Å². The summed E-state index contributed by atoms with van der Waals surface area (Å²) >= 11 is 0. The van der Waals surface area contributed by atoms with E-state index in [0.717, 1.165) is 55.8 Å². The van der Waals surface area contributed by atoms with E-state index in [-0.39, 0.29) is 0 Å². The average molecular weight is 855 g/mol. The Balaban J connectivity index is 0.967. The smallest absolute Gasteiger partial charge is 0.137 e. The first-order valence-corrected chi connectivity index (χ1v) is 22.9. The van der Waals surface area contributed by atoms with Crippen LogP contribution in [0.2, 0.25) is 0 Å². The molecule has 0 radical (unpaired) electrons. The number of aromatic nitrogens is 1. The van der Waals surface area contributed by atoms with Crippen molar-refractivity contribution in [2.45, 2.75) is 0 Å². The van der Waals surface area contributed by atoms with Crippen LogP contribution in [0, 0.1) is 0 Å². The van der Waals surface area contributed by atoms with E-state index < -0.39 is 0 Å². The first-order chi connectivity index (χ1) is 33.2. The molecule has 0 unspecified atom stereocenters. The van der Waals surface area contributed by atoms with Crippen LogP contribution in [0.25, 0.3) is 105 Å². The number of hydrogen-bond acceptors (Lipinski definition) is 2. The normalized spacial score (nSPS) is 11.6. The van der Waals surface area contributed by atoms with Gasteiger partial charge in [-0.1, -0.05) is 158 Å².